The Kier molecular flexibility index (Phi) is 8.42. The van der Waals surface area contributed by atoms with Gasteiger partial charge in [0.25, 0.3) is 5.91 Å². The number of amidine groups is 1. The summed E-state index contributed by atoms with van der Waals surface area (Å²) in [6.45, 7) is 6.32. The van der Waals surface area contributed by atoms with Crippen molar-refractivity contribution < 1.29 is 14.3 Å². The molecule has 1 aromatic heterocycles. The summed E-state index contributed by atoms with van der Waals surface area (Å²) >= 11 is 1.57. The van der Waals surface area contributed by atoms with Gasteiger partial charge in [-0.3, -0.25) is 14.7 Å². The number of amides is 1. The highest BCUT2D eigenvalue weighted by atomic mass is 32.2. The summed E-state index contributed by atoms with van der Waals surface area (Å²) in [5.41, 5.74) is 4.70. The van der Waals surface area contributed by atoms with Crippen LogP contribution in [0.15, 0.2) is 40.2 Å². The smallest absolute Gasteiger partial charge is 0.338 e. The van der Waals surface area contributed by atoms with Crippen LogP contribution in [0.25, 0.3) is 11.8 Å². The molecule has 2 heterocycles. The molecular weight excluding hydrogens is 494 g/mol. The van der Waals surface area contributed by atoms with Crippen molar-refractivity contribution in [1.29, 1.82) is 0 Å². The lowest BCUT2D eigenvalue weighted by Gasteiger charge is -2.31. The van der Waals surface area contributed by atoms with Crippen molar-refractivity contribution in [3.63, 3.8) is 0 Å². The van der Waals surface area contributed by atoms with Crippen LogP contribution < -0.4 is 0 Å². The molecule has 0 atom stereocenters. The van der Waals surface area contributed by atoms with E-state index in [2.05, 4.69) is 30.6 Å². The molecule has 0 spiro atoms. The maximum atomic E-state index is 13.8. The van der Waals surface area contributed by atoms with Crippen molar-refractivity contribution in [2.75, 3.05) is 6.61 Å². The molecular formula is C31H39N3O3S. The molecule has 1 aromatic carbocycles. The molecule has 1 amide bonds. The van der Waals surface area contributed by atoms with Crippen LogP contribution in [0.5, 0.6) is 0 Å². The van der Waals surface area contributed by atoms with Crippen LogP contribution in [0.4, 0.5) is 0 Å². The number of hydrogen-bond acceptors (Lipinski definition) is 5. The van der Waals surface area contributed by atoms with Gasteiger partial charge in [0.1, 0.15) is 0 Å². The van der Waals surface area contributed by atoms with E-state index < -0.39 is 0 Å². The largest absolute Gasteiger partial charge is 0.462 e. The predicted octanol–water partition coefficient (Wildman–Crippen LogP) is 7.21. The van der Waals surface area contributed by atoms with E-state index in [-0.39, 0.29) is 17.9 Å². The van der Waals surface area contributed by atoms with Crippen LogP contribution in [-0.4, -0.2) is 45.2 Å². The Bertz CT molecular complexity index is 1230. The van der Waals surface area contributed by atoms with Crippen molar-refractivity contribution in [3.05, 3.63) is 57.8 Å². The average molecular weight is 534 g/mol. The topological polar surface area (TPSA) is 63.9 Å². The highest BCUT2D eigenvalue weighted by Gasteiger charge is 2.39. The third-order valence-corrected chi connectivity index (χ3v) is 9.04. The van der Waals surface area contributed by atoms with E-state index in [9.17, 15) is 9.59 Å². The SMILES string of the molecule is CCOC(=O)c1ccc(-n2c(C)cc(/C=C3\SC(=NC4CCCCC4)N(C4CCCCC4)C3=O)c2C)cc1. The van der Waals surface area contributed by atoms with Gasteiger partial charge in [-0.2, -0.15) is 0 Å². The quantitative estimate of drug-likeness (QED) is 0.291. The van der Waals surface area contributed by atoms with Gasteiger partial charge in [0, 0.05) is 23.1 Å². The Hall–Kier alpha value is -2.80. The lowest BCUT2D eigenvalue weighted by atomic mass is 9.94. The highest BCUT2D eigenvalue weighted by molar-refractivity contribution is 8.18. The fourth-order valence-electron chi connectivity index (χ4n) is 6.04. The predicted molar refractivity (Wildman–Crippen MR) is 155 cm³/mol. The summed E-state index contributed by atoms with van der Waals surface area (Å²) in [5.74, 6) is -0.199. The zero-order valence-corrected chi connectivity index (χ0v) is 23.7. The standard InChI is InChI=1S/C31H39N3O3S/c1-4-37-30(36)23-15-17-27(18-16-23)33-21(2)19-24(22(33)3)20-28-29(35)34(26-13-9-6-10-14-26)31(38-28)32-25-11-7-5-8-12-25/h15-20,25-26H,4-14H2,1-3H3/b28-20-,32-31?. The molecule has 1 saturated heterocycles. The molecule has 7 heteroatoms. The van der Waals surface area contributed by atoms with Crippen molar-refractivity contribution in [2.24, 2.45) is 4.99 Å². The molecule has 1 aliphatic heterocycles. The summed E-state index contributed by atoms with van der Waals surface area (Å²) in [5, 5.41) is 0.920. The minimum Gasteiger partial charge on any atom is -0.462 e. The molecule has 3 fully saturated rings. The van der Waals surface area contributed by atoms with E-state index in [1.54, 1.807) is 30.8 Å². The van der Waals surface area contributed by atoms with Gasteiger partial charge in [0.2, 0.25) is 0 Å². The van der Waals surface area contributed by atoms with Gasteiger partial charge >= 0.3 is 5.97 Å². The Balaban J connectivity index is 1.44. The number of hydrogen-bond donors (Lipinski definition) is 0. The van der Waals surface area contributed by atoms with E-state index in [0.29, 0.717) is 18.2 Å². The number of aromatic nitrogens is 1. The number of benzene rings is 1. The zero-order valence-electron chi connectivity index (χ0n) is 22.9. The number of carbonyl (C=O) groups is 2. The molecule has 6 nitrogen and oxygen atoms in total. The molecule has 38 heavy (non-hydrogen) atoms. The van der Waals surface area contributed by atoms with Crippen LogP contribution in [0.2, 0.25) is 0 Å². The highest BCUT2D eigenvalue weighted by Crippen LogP contribution is 2.39. The molecule has 0 bridgehead atoms. The number of esters is 1. The number of nitrogens with zero attached hydrogens (tertiary/aromatic N) is 3. The molecule has 0 radical (unpaired) electrons. The number of ether oxygens (including phenoxy) is 1. The van der Waals surface area contributed by atoms with E-state index in [1.165, 1.54) is 38.5 Å². The van der Waals surface area contributed by atoms with Gasteiger partial charge < -0.3 is 9.30 Å². The summed E-state index contributed by atoms with van der Waals surface area (Å²) < 4.78 is 7.29. The van der Waals surface area contributed by atoms with Crippen LogP contribution in [0, 0.1) is 13.8 Å². The van der Waals surface area contributed by atoms with E-state index in [4.69, 9.17) is 9.73 Å². The van der Waals surface area contributed by atoms with Crippen molar-refractivity contribution in [1.82, 2.24) is 9.47 Å². The fraction of sp³-hybridized carbons (Fsp3) is 0.516. The first-order valence-corrected chi connectivity index (χ1v) is 15.0. The van der Waals surface area contributed by atoms with Crippen LogP contribution in [-0.2, 0) is 9.53 Å². The second-order valence-electron chi connectivity index (χ2n) is 10.7. The number of aliphatic imine (C=N–C) groups is 1. The van der Waals surface area contributed by atoms with Gasteiger partial charge in [-0.05, 0) is 100 Å². The summed E-state index contributed by atoms with van der Waals surface area (Å²) in [6.07, 6.45) is 13.9. The fourth-order valence-corrected chi connectivity index (χ4v) is 7.14. The lowest BCUT2D eigenvalue weighted by Crippen LogP contribution is -2.41. The Morgan fingerprint density at radius 1 is 1.03 bits per heavy atom. The van der Waals surface area contributed by atoms with Gasteiger partial charge in [0.15, 0.2) is 5.17 Å². The second kappa shape index (κ2) is 11.9. The monoisotopic (exact) mass is 533 g/mol. The van der Waals surface area contributed by atoms with Crippen molar-refractivity contribution in [2.45, 2.75) is 97.1 Å². The third kappa shape index (κ3) is 5.63. The summed E-state index contributed by atoms with van der Waals surface area (Å²) in [7, 11) is 0. The normalized spacial score (nSPS) is 21.6. The minimum atomic E-state index is -0.310. The third-order valence-electron chi connectivity index (χ3n) is 8.04. The maximum Gasteiger partial charge on any atom is 0.338 e. The van der Waals surface area contributed by atoms with Crippen LogP contribution in [0.3, 0.4) is 0 Å². The molecule has 0 N–H and O–H groups in total. The number of aryl methyl sites for hydroxylation is 1. The van der Waals surface area contributed by atoms with E-state index in [0.717, 1.165) is 58.4 Å². The van der Waals surface area contributed by atoms with E-state index >= 15 is 0 Å². The second-order valence-corrected chi connectivity index (χ2v) is 11.7. The van der Waals surface area contributed by atoms with Gasteiger partial charge in [0.05, 0.1) is 23.1 Å². The number of carbonyl (C=O) groups excluding carboxylic acids is 2. The first-order valence-electron chi connectivity index (χ1n) is 14.2. The molecule has 2 aliphatic carbocycles. The van der Waals surface area contributed by atoms with Crippen molar-refractivity contribution in [3.8, 4) is 5.69 Å². The van der Waals surface area contributed by atoms with Crippen molar-refractivity contribution >= 4 is 34.9 Å². The molecule has 2 aromatic rings. The minimum absolute atomic E-state index is 0.111. The maximum absolute atomic E-state index is 13.8. The Labute approximate surface area is 230 Å². The van der Waals surface area contributed by atoms with Gasteiger partial charge in [-0.25, -0.2) is 4.79 Å². The number of rotatable bonds is 6. The molecule has 2 saturated carbocycles. The van der Waals surface area contributed by atoms with Gasteiger partial charge in [-0.1, -0.05) is 38.5 Å². The molecule has 202 valence electrons. The molecule has 5 rings (SSSR count). The molecule has 0 unspecified atom stereocenters. The van der Waals surface area contributed by atoms with Crippen LogP contribution >= 0.6 is 11.8 Å². The molecule has 3 aliphatic rings. The average Bonchev–Trinajstić information content (AvgIpc) is 3.39. The zero-order chi connectivity index (χ0) is 26.6. The first-order chi connectivity index (χ1) is 18.5. The summed E-state index contributed by atoms with van der Waals surface area (Å²) in [4.78, 5) is 33.8. The Morgan fingerprint density at radius 2 is 1.68 bits per heavy atom. The number of thioether (sulfide) groups is 1. The van der Waals surface area contributed by atoms with Gasteiger partial charge in [-0.15, -0.1) is 0 Å². The lowest BCUT2D eigenvalue weighted by molar-refractivity contribution is -0.124. The van der Waals surface area contributed by atoms with Crippen LogP contribution in [0.1, 0.15) is 98.4 Å². The van der Waals surface area contributed by atoms with E-state index in [1.807, 2.05) is 17.0 Å². The first kappa shape index (κ1) is 26.8. The Morgan fingerprint density at radius 3 is 2.34 bits per heavy atom. The summed E-state index contributed by atoms with van der Waals surface area (Å²) in [6, 6.07) is 10.2.